The zero-order chi connectivity index (χ0) is 24.6. The number of amides is 1. The highest BCUT2D eigenvalue weighted by atomic mass is 16.3. The van der Waals surface area contributed by atoms with Crippen molar-refractivity contribution in [3.8, 4) is 0 Å². The summed E-state index contributed by atoms with van der Waals surface area (Å²) in [6.45, 7) is 4.03. The first-order chi connectivity index (χ1) is 16.1. The number of rotatable bonds is 23. The maximum Gasteiger partial charge on any atom is 0.220 e. The van der Waals surface area contributed by atoms with Gasteiger partial charge in [0.25, 0.3) is 0 Å². The molecule has 1 amide bonds. The van der Waals surface area contributed by atoms with Gasteiger partial charge in [0.2, 0.25) is 5.91 Å². The average molecular weight is 468 g/mol. The SMILES string of the molecule is CCCC/C=C\CCCCCCC(=O)NC(CO)C(O)C(O)CCC/C=C/CCCCCC. The fourth-order valence-corrected chi connectivity index (χ4v) is 3.79. The summed E-state index contributed by atoms with van der Waals surface area (Å²) in [4.78, 5) is 12.2. The molecule has 0 heterocycles. The summed E-state index contributed by atoms with van der Waals surface area (Å²) >= 11 is 0. The topological polar surface area (TPSA) is 89.8 Å². The predicted molar refractivity (Wildman–Crippen MR) is 139 cm³/mol. The molecule has 0 saturated heterocycles. The van der Waals surface area contributed by atoms with E-state index < -0.39 is 18.2 Å². The van der Waals surface area contributed by atoms with Crippen molar-refractivity contribution >= 4 is 5.91 Å². The third-order valence-electron chi connectivity index (χ3n) is 6.03. The zero-order valence-corrected chi connectivity index (χ0v) is 21.5. The molecular weight excluding hydrogens is 414 g/mol. The van der Waals surface area contributed by atoms with Crippen LogP contribution in [0.1, 0.15) is 123 Å². The molecule has 0 aromatic carbocycles. The van der Waals surface area contributed by atoms with Gasteiger partial charge < -0.3 is 20.6 Å². The van der Waals surface area contributed by atoms with Crippen molar-refractivity contribution in [2.24, 2.45) is 0 Å². The van der Waals surface area contributed by atoms with E-state index in [0.717, 1.165) is 51.4 Å². The minimum atomic E-state index is -1.16. The Balaban J connectivity index is 3.91. The van der Waals surface area contributed by atoms with E-state index in [1.807, 2.05) is 0 Å². The van der Waals surface area contributed by atoms with Gasteiger partial charge in [0.15, 0.2) is 0 Å². The van der Waals surface area contributed by atoms with Crippen LogP contribution in [0.5, 0.6) is 0 Å². The highest BCUT2D eigenvalue weighted by Crippen LogP contribution is 2.11. The minimum Gasteiger partial charge on any atom is -0.394 e. The first-order valence-electron chi connectivity index (χ1n) is 13.6. The van der Waals surface area contributed by atoms with Gasteiger partial charge in [-0.05, 0) is 57.8 Å². The van der Waals surface area contributed by atoms with Gasteiger partial charge in [-0.15, -0.1) is 0 Å². The number of aliphatic hydroxyl groups is 3. The van der Waals surface area contributed by atoms with Crippen LogP contribution in [0, 0.1) is 0 Å². The predicted octanol–water partition coefficient (Wildman–Crippen LogP) is 5.97. The van der Waals surface area contributed by atoms with Crippen LogP contribution in [0.3, 0.4) is 0 Å². The molecule has 0 aliphatic heterocycles. The molecule has 0 aromatic rings. The van der Waals surface area contributed by atoms with E-state index in [1.54, 1.807) is 0 Å². The van der Waals surface area contributed by atoms with Crippen molar-refractivity contribution in [2.75, 3.05) is 6.61 Å². The highest BCUT2D eigenvalue weighted by molar-refractivity contribution is 5.76. The Morgan fingerprint density at radius 2 is 1.24 bits per heavy atom. The monoisotopic (exact) mass is 467 g/mol. The molecule has 194 valence electrons. The van der Waals surface area contributed by atoms with Crippen molar-refractivity contribution < 1.29 is 20.1 Å². The molecule has 0 spiro atoms. The summed E-state index contributed by atoms with van der Waals surface area (Å²) in [7, 11) is 0. The van der Waals surface area contributed by atoms with Crippen LogP contribution >= 0.6 is 0 Å². The number of hydrogen-bond acceptors (Lipinski definition) is 4. The van der Waals surface area contributed by atoms with Crippen molar-refractivity contribution in [3.05, 3.63) is 24.3 Å². The fraction of sp³-hybridized carbons (Fsp3) is 0.821. The van der Waals surface area contributed by atoms with Crippen LogP contribution in [0.2, 0.25) is 0 Å². The Morgan fingerprint density at radius 3 is 1.82 bits per heavy atom. The van der Waals surface area contributed by atoms with E-state index in [2.05, 4.69) is 43.5 Å². The fourth-order valence-electron chi connectivity index (χ4n) is 3.79. The molecule has 33 heavy (non-hydrogen) atoms. The zero-order valence-electron chi connectivity index (χ0n) is 21.5. The van der Waals surface area contributed by atoms with Crippen LogP contribution in [-0.4, -0.2) is 46.1 Å². The highest BCUT2D eigenvalue weighted by Gasteiger charge is 2.26. The molecule has 0 aliphatic rings. The second-order valence-electron chi connectivity index (χ2n) is 9.23. The third kappa shape index (κ3) is 20.0. The number of hydrogen-bond donors (Lipinski definition) is 4. The van der Waals surface area contributed by atoms with E-state index in [0.29, 0.717) is 12.8 Å². The lowest BCUT2D eigenvalue weighted by Gasteiger charge is -2.26. The van der Waals surface area contributed by atoms with E-state index in [1.165, 1.54) is 44.9 Å². The maximum atomic E-state index is 12.2. The van der Waals surface area contributed by atoms with E-state index >= 15 is 0 Å². The number of nitrogens with one attached hydrogen (secondary N) is 1. The molecule has 3 unspecified atom stereocenters. The Kier molecular flexibility index (Phi) is 23.1. The summed E-state index contributed by atoms with van der Waals surface area (Å²) in [5.41, 5.74) is 0. The molecule has 4 N–H and O–H groups in total. The summed E-state index contributed by atoms with van der Waals surface area (Å²) in [5, 5.41) is 32.9. The molecule has 0 fully saturated rings. The maximum absolute atomic E-state index is 12.2. The number of unbranched alkanes of at least 4 members (excludes halogenated alkanes) is 11. The van der Waals surface area contributed by atoms with Crippen molar-refractivity contribution in [2.45, 2.75) is 141 Å². The molecule has 0 bridgehead atoms. The normalized spacial score (nSPS) is 14.7. The smallest absolute Gasteiger partial charge is 0.220 e. The van der Waals surface area contributed by atoms with Gasteiger partial charge in [-0.2, -0.15) is 0 Å². The average Bonchev–Trinajstić information content (AvgIpc) is 2.82. The first-order valence-corrected chi connectivity index (χ1v) is 13.6. The van der Waals surface area contributed by atoms with Crippen molar-refractivity contribution in [3.63, 3.8) is 0 Å². The van der Waals surface area contributed by atoms with Gasteiger partial charge in [0.1, 0.15) is 6.10 Å². The number of carbonyl (C=O) groups is 1. The molecule has 0 rings (SSSR count). The van der Waals surface area contributed by atoms with E-state index in [4.69, 9.17) is 0 Å². The molecule has 5 nitrogen and oxygen atoms in total. The Bertz CT molecular complexity index is 492. The second kappa shape index (κ2) is 24.0. The van der Waals surface area contributed by atoms with Crippen molar-refractivity contribution in [1.29, 1.82) is 0 Å². The lowest BCUT2D eigenvalue weighted by atomic mass is 10.0. The van der Waals surface area contributed by atoms with E-state index in [-0.39, 0.29) is 12.5 Å². The minimum absolute atomic E-state index is 0.175. The van der Waals surface area contributed by atoms with Crippen LogP contribution in [0.15, 0.2) is 24.3 Å². The van der Waals surface area contributed by atoms with Crippen LogP contribution in [-0.2, 0) is 4.79 Å². The largest absolute Gasteiger partial charge is 0.394 e. The molecule has 0 radical (unpaired) electrons. The molecule has 0 aromatic heterocycles. The molecule has 5 heteroatoms. The Hall–Kier alpha value is -1.17. The molecule has 0 aliphatic carbocycles. The van der Waals surface area contributed by atoms with Gasteiger partial charge in [-0.25, -0.2) is 0 Å². The van der Waals surface area contributed by atoms with Gasteiger partial charge in [0, 0.05) is 6.42 Å². The summed E-state index contributed by atoms with van der Waals surface area (Å²) in [6.07, 6.45) is 24.1. The second-order valence-corrected chi connectivity index (χ2v) is 9.23. The van der Waals surface area contributed by atoms with Gasteiger partial charge in [-0.1, -0.05) is 83.1 Å². The summed E-state index contributed by atoms with van der Waals surface area (Å²) < 4.78 is 0. The Morgan fingerprint density at radius 1 is 0.727 bits per heavy atom. The quantitative estimate of drug-likeness (QED) is 0.110. The third-order valence-corrected chi connectivity index (χ3v) is 6.03. The molecule has 0 saturated carbocycles. The summed E-state index contributed by atoms with van der Waals surface area (Å²) in [6, 6.07) is -0.824. The van der Waals surface area contributed by atoms with Gasteiger partial charge in [-0.3, -0.25) is 4.79 Å². The molecular formula is C28H53NO4. The standard InChI is InChI=1S/C28H53NO4/c1-3-5-7-9-11-13-15-17-19-21-23-27(32)29-25(24-30)28(33)26(31)22-20-18-16-14-12-10-8-6-4-2/h9,11,14,16,25-26,28,30-31,33H,3-8,10,12-13,15,17-24H2,1-2H3,(H,29,32)/b11-9-,16-14+. The van der Waals surface area contributed by atoms with Crippen LogP contribution in [0.4, 0.5) is 0 Å². The first kappa shape index (κ1) is 31.8. The number of allylic oxidation sites excluding steroid dienone is 4. The van der Waals surface area contributed by atoms with Gasteiger partial charge >= 0.3 is 0 Å². The van der Waals surface area contributed by atoms with Crippen LogP contribution in [0.25, 0.3) is 0 Å². The lowest BCUT2D eigenvalue weighted by molar-refractivity contribution is -0.124. The Labute approximate surface area is 203 Å². The van der Waals surface area contributed by atoms with Gasteiger partial charge in [0.05, 0.1) is 18.8 Å². The summed E-state index contributed by atoms with van der Waals surface area (Å²) in [5.74, 6) is -0.175. The number of aliphatic hydroxyl groups excluding tert-OH is 3. The lowest BCUT2D eigenvalue weighted by Crippen LogP contribution is -2.50. The van der Waals surface area contributed by atoms with E-state index in [9.17, 15) is 20.1 Å². The number of carbonyl (C=O) groups excluding carboxylic acids is 1. The molecule has 3 atom stereocenters. The van der Waals surface area contributed by atoms with Crippen molar-refractivity contribution in [1.82, 2.24) is 5.32 Å². The van der Waals surface area contributed by atoms with Crippen LogP contribution < -0.4 is 5.32 Å².